The highest BCUT2D eigenvalue weighted by atomic mass is 79.9. The molecule has 0 radical (unpaired) electrons. The van der Waals surface area contributed by atoms with Crippen molar-refractivity contribution in [1.82, 2.24) is 0 Å². The van der Waals surface area contributed by atoms with E-state index in [9.17, 15) is 0 Å². The van der Waals surface area contributed by atoms with Crippen LogP contribution in [0.5, 0.6) is 5.75 Å². The molecule has 2 aromatic carbocycles. The van der Waals surface area contributed by atoms with Crippen molar-refractivity contribution in [2.45, 2.75) is 6.92 Å². The maximum absolute atomic E-state index is 6.10. The summed E-state index contributed by atoms with van der Waals surface area (Å²) in [6, 6.07) is 13.8. The lowest BCUT2D eigenvalue weighted by molar-refractivity contribution is 0.333. The van der Waals surface area contributed by atoms with E-state index in [-0.39, 0.29) is 0 Å². The lowest BCUT2D eigenvalue weighted by Gasteiger charge is -2.11. The van der Waals surface area contributed by atoms with Crippen LogP contribution in [0.4, 0.5) is 5.69 Å². The Bertz CT molecular complexity index is 560. The highest BCUT2D eigenvalue weighted by Gasteiger charge is 2.01. The lowest BCUT2D eigenvalue weighted by Crippen LogP contribution is -2.11. The van der Waals surface area contributed by atoms with Crippen LogP contribution >= 0.6 is 27.5 Å². The molecule has 0 saturated heterocycles. The highest BCUT2D eigenvalue weighted by Crippen LogP contribution is 2.25. The van der Waals surface area contributed by atoms with Gasteiger partial charge < -0.3 is 10.1 Å². The average molecular weight is 341 g/mol. The summed E-state index contributed by atoms with van der Waals surface area (Å²) >= 11 is 9.59. The van der Waals surface area contributed by atoms with Crippen LogP contribution < -0.4 is 10.1 Å². The fourth-order valence-electron chi connectivity index (χ4n) is 1.67. The van der Waals surface area contributed by atoms with Gasteiger partial charge >= 0.3 is 0 Å². The van der Waals surface area contributed by atoms with Gasteiger partial charge in [-0.15, -0.1) is 0 Å². The van der Waals surface area contributed by atoms with Crippen molar-refractivity contribution in [3.05, 3.63) is 57.5 Å². The third-order valence-electron chi connectivity index (χ3n) is 2.64. The van der Waals surface area contributed by atoms with Crippen LogP contribution in [-0.2, 0) is 0 Å². The summed E-state index contributed by atoms with van der Waals surface area (Å²) in [6.07, 6.45) is 0. The number of hydrogen-bond acceptors (Lipinski definition) is 2. The van der Waals surface area contributed by atoms with Gasteiger partial charge in [0.25, 0.3) is 0 Å². The second-order valence-corrected chi connectivity index (χ2v) is 5.45. The third-order valence-corrected chi connectivity index (χ3v) is 3.62. The summed E-state index contributed by atoms with van der Waals surface area (Å²) in [4.78, 5) is 0. The normalized spacial score (nSPS) is 10.3. The molecule has 19 heavy (non-hydrogen) atoms. The maximum atomic E-state index is 6.10. The van der Waals surface area contributed by atoms with Crippen molar-refractivity contribution in [3.8, 4) is 5.75 Å². The molecule has 0 aliphatic carbocycles. The molecule has 4 heteroatoms. The van der Waals surface area contributed by atoms with Crippen LogP contribution in [-0.4, -0.2) is 13.2 Å². The molecule has 0 saturated carbocycles. The first-order valence-electron chi connectivity index (χ1n) is 6.04. The third kappa shape index (κ3) is 4.15. The largest absolute Gasteiger partial charge is 0.490 e. The van der Waals surface area contributed by atoms with E-state index in [1.807, 2.05) is 49.4 Å². The summed E-state index contributed by atoms with van der Waals surface area (Å²) in [7, 11) is 0. The molecule has 0 aliphatic heterocycles. The van der Waals surface area contributed by atoms with Gasteiger partial charge in [0.15, 0.2) is 0 Å². The lowest BCUT2D eigenvalue weighted by atomic mass is 10.2. The highest BCUT2D eigenvalue weighted by molar-refractivity contribution is 9.10. The van der Waals surface area contributed by atoms with Crippen LogP contribution in [0.3, 0.4) is 0 Å². The minimum Gasteiger partial charge on any atom is -0.490 e. The summed E-state index contributed by atoms with van der Waals surface area (Å²) < 4.78 is 6.69. The molecule has 0 amide bonds. The van der Waals surface area contributed by atoms with Crippen molar-refractivity contribution in [2.75, 3.05) is 18.5 Å². The molecule has 2 rings (SSSR count). The maximum Gasteiger partial charge on any atom is 0.137 e. The number of halogens is 2. The molecule has 0 spiro atoms. The fraction of sp³-hybridized carbons (Fsp3) is 0.200. The number of anilines is 1. The van der Waals surface area contributed by atoms with Crippen LogP contribution in [0, 0.1) is 6.92 Å². The van der Waals surface area contributed by atoms with Gasteiger partial charge in [-0.2, -0.15) is 0 Å². The molecule has 0 unspecified atom stereocenters. The van der Waals surface area contributed by atoms with E-state index in [1.54, 1.807) is 0 Å². The van der Waals surface area contributed by atoms with Gasteiger partial charge in [0.1, 0.15) is 12.4 Å². The van der Waals surface area contributed by atoms with Crippen LogP contribution in [0.15, 0.2) is 46.9 Å². The van der Waals surface area contributed by atoms with Crippen molar-refractivity contribution >= 4 is 33.2 Å². The van der Waals surface area contributed by atoms with E-state index in [0.29, 0.717) is 18.2 Å². The van der Waals surface area contributed by atoms with Crippen molar-refractivity contribution < 1.29 is 4.74 Å². The zero-order valence-corrected chi connectivity index (χ0v) is 13.0. The Balaban J connectivity index is 1.83. The Hall–Kier alpha value is -1.19. The molecule has 2 aromatic rings. The average Bonchev–Trinajstić information content (AvgIpc) is 2.38. The second kappa shape index (κ2) is 6.83. The Morgan fingerprint density at radius 2 is 2.00 bits per heavy atom. The van der Waals surface area contributed by atoms with E-state index in [4.69, 9.17) is 16.3 Å². The van der Waals surface area contributed by atoms with Gasteiger partial charge in [0, 0.05) is 16.7 Å². The topological polar surface area (TPSA) is 21.3 Å². The van der Waals surface area contributed by atoms with E-state index < -0.39 is 0 Å². The van der Waals surface area contributed by atoms with Gasteiger partial charge in [-0.05, 0) is 52.7 Å². The van der Waals surface area contributed by atoms with Gasteiger partial charge in [-0.25, -0.2) is 0 Å². The van der Waals surface area contributed by atoms with Crippen molar-refractivity contribution in [3.63, 3.8) is 0 Å². The smallest absolute Gasteiger partial charge is 0.137 e. The number of nitrogens with one attached hydrogen (secondary N) is 1. The van der Waals surface area contributed by atoms with E-state index in [2.05, 4.69) is 21.2 Å². The van der Waals surface area contributed by atoms with Gasteiger partial charge in [0.2, 0.25) is 0 Å². The first-order valence-corrected chi connectivity index (χ1v) is 7.21. The van der Waals surface area contributed by atoms with Crippen LogP contribution in [0.2, 0.25) is 5.02 Å². The Morgan fingerprint density at radius 3 is 2.74 bits per heavy atom. The quantitative estimate of drug-likeness (QED) is 0.782. The zero-order chi connectivity index (χ0) is 13.7. The Labute approximate surface area is 126 Å². The number of benzene rings is 2. The number of hydrogen-bond donors (Lipinski definition) is 1. The molecule has 2 nitrogen and oxygen atoms in total. The summed E-state index contributed by atoms with van der Waals surface area (Å²) in [6.45, 7) is 3.28. The minimum atomic E-state index is 0.560. The summed E-state index contributed by atoms with van der Waals surface area (Å²) in [5.41, 5.74) is 2.18. The first-order chi connectivity index (χ1) is 9.16. The monoisotopic (exact) mass is 339 g/mol. The predicted molar refractivity (Wildman–Crippen MR) is 84.3 cm³/mol. The Kier molecular flexibility index (Phi) is 5.11. The molecule has 1 N–H and O–H groups in total. The number of aryl methyl sites for hydroxylation is 1. The summed E-state index contributed by atoms with van der Waals surface area (Å²) in [5, 5.41) is 3.95. The van der Waals surface area contributed by atoms with Crippen molar-refractivity contribution in [1.29, 1.82) is 0 Å². The fourth-order valence-corrected chi connectivity index (χ4v) is 2.39. The number of rotatable bonds is 5. The molecule has 0 aromatic heterocycles. The minimum absolute atomic E-state index is 0.560. The molecular formula is C15H15BrClNO. The zero-order valence-electron chi connectivity index (χ0n) is 10.6. The van der Waals surface area contributed by atoms with Crippen molar-refractivity contribution in [2.24, 2.45) is 0 Å². The number of ether oxygens (including phenoxy) is 1. The molecule has 0 atom stereocenters. The first kappa shape index (κ1) is 14.2. The van der Waals surface area contributed by atoms with Gasteiger partial charge in [-0.1, -0.05) is 29.8 Å². The van der Waals surface area contributed by atoms with Gasteiger partial charge in [-0.3, -0.25) is 0 Å². The van der Waals surface area contributed by atoms with E-state index in [0.717, 1.165) is 21.5 Å². The molecule has 0 aliphatic rings. The molecule has 0 fully saturated rings. The second-order valence-electron chi connectivity index (χ2n) is 4.19. The number of para-hydroxylation sites is 1. The molecular weight excluding hydrogens is 326 g/mol. The van der Waals surface area contributed by atoms with Crippen LogP contribution in [0.25, 0.3) is 0 Å². The molecule has 0 heterocycles. The van der Waals surface area contributed by atoms with Gasteiger partial charge in [0.05, 0.1) is 5.02 Å². The standard InChI is InChI=1S/C15H15BrClNO/c1-11-6-7-15(13(17)10-11)19-9-8-18-14-5-3-2-4-12(14)16/h2-7,10,18H,8-9H2,1H3. The SMILES string of the molecule is Cc1ccc(OCCNc2ccccc2Br)c(Cl)c1. The molecule has 0 bridgehead atoms. The van der Waals surface area contributed by atoms with Crippen LogP contribution in [0.1, 0.15) is 5.56 Å². The van der Waals surface area contributed by atoms with E-state index in [1.165, 1.54) is 0 Å². The molecule has 100 valence electrons. The predicted octanol–water partition coefficient (Wildman–Crippen LogP) is 4.90. The van der Waals surface area contributed by atoms with E-state index >= 15 is 0 Å². The Morgan fingerprint density at radius 1 is 1.21 bits per heavy atom. The summed E-state index contributed by atoms with van der Waals surface area (Å²) in [5.74, 6) is 0.723.